The Morgan fingerprint density at radius 2 is 1.82 bits per heavy atom. The standard InChI is InChI=1S/C27H30F5N3O4/c1-16-15-34(23-13-20(38-12-10-28)7-8-21(23)29)11-9-24(16)39-19-5-3-18(4-6-19)35-22(14-25(36)37)17(2)26(33-35)27(30,31)32/h3-8,13,16-17,22,24H,9-12,14-15H2,1-2H3,(H,36,37)/t16?,17-,22-,24?/m0/s1. The fourth-order valence-electron chi connectivity index (χ4n) is 5.03. The second-order valence-electron chi connectivity index (χ2n) is 9.79. The van der Waals surface area contributed by atoms with Gasteiger partial charge < -0.3 is 19.5 Å². The van der Waals surface area contributed by atoms with Crippen molar-refractivity contribution < 1.29 is 41.3 Å². The van der Waals surface area contributed by atoms with Crippen molar-refractivity contribution in [1.82, 2.24) is 0 Å². The second-order valence-corrected chi connectivity index (χ2v) is 9.79. The Morgan fingerprint density at radius 1 is 1.13 bits per heavy atom. The minimum absolute atomic E-state index is 0.00608. The van der Waals surface area contributed by atoms with E-state index >= 15 is 0 Å². The van der Waals surface area contributed by atoms with E-state index in [1.165, 1.54) is 19.1 Å². The molecule has 2 aliphatic heterocycles. The monoisotopic (exact) mass is 555 g/mol. The molecule has 2 unspecified atom stereocenters. The highest BCUT2D eigenvalue weighted by molar-refractivity contribution is 5.95. The van der Waals surface area contributed by atoms with Gasteiger partial charge in [-0.2, -0.15) is 18.3 Å². The highest BCUT2D eigenvalue weighted by Crippen LogP contribution is 2.37. The van der Waals surface area contributed by atoms with Gasteiger partial charge in [-0.25, -0.2) is 8.78 Å². The Bertz CT molecular complexity index is 1190. The summed E-state index contributed by atoms with van der Waals surface area (Å²) in [7, 11) is 0. The van der Waals surface area contributed by atoms with Gasteiger partial charge in [0.2, 0.25) is 0 Å². The van der Waals surface area contributed by atoms with Crippen molar-refractivity contribution in [3.8, 4) is 11.5 Å². The zero-order valence-corrected chi connectivity index (χ0v) is 21.5. The molecule has 1 fully saturated rings. The summed E-state index contributed by atoms with van der Waals surface area (Å²) in [6, 6.07) is 9.67. The highest BCUT2D eigenvalue weighted by Gasteiger charge is 2.48. The number of hydrogen-bond acceptors (Lipinski definition) is 6. The molecule has 2 aromatic carbocycles. The van der Waals surface area contributed by atoms with Crippen molar-refractivity contribution in [2.75, 3.05) is 36.3 Å². The zero-order valence-electron chi connectivity index (χ0n) is 21.5. The Morgan fingerprint density at radius 3 is 2.44 bits per heavy atom. The third kappa shape index (κ3) is 6.54. The normalized spacial score (nSPS) is 23.5. The van der Waals surface area contributed by atoms with E-state index in [1.807, 2.05) is 11.8 Å². The van der Waals surface area contributed by atoms with Crippen LogP contribution in [0.5, 0.6) is 11.5 Å². The molecule has 4 atom stereocenters. The predicted octanol–water partition coefficient (Wildman–Crippen LogP) is 5.69. The Kier molecular flexibility index (Phi) is 8.51. The van der Waals surface area contributed by atoms with Gasteiger partial charge in [0.1, 0.15) is 42.4 Å². The highest BCUT2D eigenvalue weighted by atomic mass is 19.4. The molecule has 0 aromatic heterocycles. The predicted molar refractivity (Wildman–Crippen MR) is 136 cm³/mol. The number of carboxylic acids is 1. The lowest BCUT2D eigenvalue weighted by molar-refractivity contribution is -0.137. The fourth-order valence-corrected chi connectivity index (χ4v) is 5.03. The molecule has 4 rings (SSSR count). The van der Waals surface area contributed by atoms with E-state index in [1.54, 1.807) is 30.3 Å². The van der Waals surface area contributed by atoms with Gasteiger partial charge in [0.25, 0.3) is 0 Å². The van der Waals surface area contributed by atoms with Gasteiger partial charge in [0.05, 0.1) is 23.8 Å². The first-order valence-electron chi connectivity index (χ1n) is 12.6. The van der Waals surface area contributed by atoms with Crippen LogP contribution in [0.15, 0.2) is 47.6 Å². The first-order valence-corrected chi connectivity index (χ1v) is 12.6. The van der Waals surface area contributed by atoms with Crippen molar-refractivity contribution in [3.63, 3.8) is 0 Å². The van der Waals surface area contributed by atoms with Gasteiger partial charge in [-0.05, 0) is 36.4 Å². The smallest absolute Gasteiger partial charge is 0.431 e. The number of benzene rings is 2. The van der Waals surface area contributed by atoms with Gasteiger partial charge in [0, 0.05) is 37.4 Å². The number of hydrogen-bond donors (Lipinski definition) is 1. The topological polar surface area (TPSA) is 74.6 Å². The number of ether oxygens (including phenoxy) is 2. The summed E-state index contributed by atoms with van der Waals surface area (Å²) in [6.45, 7) is 3.56. The summed E-state index contributed by atoms with van der Waals surface area (Å²) in [4.78, 5) is 13.2. The SMILES string of the molecule is CC1CN(c2cc(OCCF)ccc2F)CCC1Oc1ccc(N2N=C(C(F)(F)F)[C@@H](C)[C@@H]2CC(=O)O)cc1. The molecule has 0 aliphatic carbocycles. The van der Waals surface area contributed by atoms with Crippen molar-refractivity contribution in [3.05, 3.63) is 48.3 Å². The zero-order chi connectivity index (χ0) is 28.3. The van der Waals surface area contributed by atoms with Crippen molar-refractivity contribution in [2.45, 2.75) is 45.0 Å². The van der Waals surface area contributed by atoms with E-state index in [-0.39, 0.29) is 18.6 Å². The van der Waals surface area contributed by atoms with Gasteiger partial charge in [-0.1, -0.05) is 13.8 Å². The molecular formula is C27H30F5N3O4. The van der Waals surface area contributed by atoms with Gasteiger partial charge >= 0.3 is 12.1 Å². The van der Waals surface area contributed by atoms with E-state index in [2.05, 4.69) is 5.10 Å². The molecule has 39 heavy (non-hydrogen) atoms. The van der Waals surface area contributed by atoms with Crippen LogP contribution >= 0.6 is 0 Å². The van der Waals surface area contributed by atoms with Gasteiger partial charge in [0.15, 0.2) is 0 Å². The Balaban J connectivity index is 1.42. The third-order valence-electron chi connectivity index (χ3n) is 7.03. The lowest BCUT2D eigenvalue weighted by atomic mass is 9.94. The van der Waals surface area contributed by atoms with Crippen molar-refractivity contribution in [2.24, 2.45) is 16.9 Å². The average molecular weight is 556 g/mol. The fraction of sp³-hybridized carbons (Fsp3) is 0.481. The van der Waals surface area contributed by atoms with Crippen molar-refractivity contribution >= 4 is 23.1 Å². The molecule has 0 saturated carbocycles. The first kappa shape index (κ1) is 28.4. The number of nitrogens with zero attached hydrogens (tertiary/aromatic N) is 3. The molecule has 2 aliphatic rings. The van der Waals surface area contributed by atoms with Crippen LogP contribution in [0.4, 0.5) is 33.3 Å². The van der Waals surface area contributed by atoms with Gasteiger partial charge in [-0.3, -0.25) is 9.80 Å². The first-order chi connectivity index (χ1) is 18.5. The summed E-state index contributed by atoms with van der Waals surface area (Å²) in [5.41, 5.74) is -0.311. The van der Waals surface area contributed by atoms with E-state index < -0.39 is 48.7 Å². The van der Waals surface area contributed by atoms with E-state index in [0.717, 1.165) is 5.01 Å². The summed E-state index contributed by atoms with van der Waals surface area (Å²) >= 11 is 0. The molecule has 1 N–H and O–H groups in total. The lowest BCUT2D eigenvalue weighted by Crippen LogP contribution is -2.44. The Hall–Kier alpha value is -3.57. The van der Waals surface area contributed by atoms with Crippen LogP contribution in [0.2, 0.25) is 0 Å². The van der Waals surface area contributed by atoms with Crippen LogP contribution in [-0.4, -0.2) is 61.5 Å². The summed E-state index contributed by atoms with van der Waals surface area (Å²) in [5, 5.41) is 14.1. The molecule has 1 saturated heterocycles. The third-order valence-corrected chi connectivity index (χ3v) is 7.03. The summed E-state index contributed by atoms with van der Waals surface area (Å²) in [6.07, 6.45) is -4.77. The van der Waals surface area contributed by atoms with E-state index in [4.69, 9.17) is 9.47 Å². The molecule has 0 bridgehead atoms. The number of halogens is 5. The Labute approximate surface area is 222 Å². The quantitative estimate of drug-likeness (QED) is 0.401. The number of hydrazone groups is 1. The summed E-state index contributed by atoms with van der Waals surface area (Å²) < 4.78 is 78.7. The number of anilines is 2. The van der Waals surface area contributed by atoms with E-state index in [0.29, 0.717) is 42.4 Å². The lowest BCUT2D eigenvalue weighted by Gasteiger charge is -2.38. The minimum atomic E-state index is -4.66. The van der Waals surface area contributed by atoms with E-state index in [9.17, 15) is 31.9 Å². The number of aliphatic carboxylic acids is 1. The number of carbonyl (C=O) groups is 1. The van der Waals surface area contributed by atoms with Crippen LogP contribution in [0.25, 0.3) is 0 Å². The van der Waals surface area contributed by atoms with Gasteiger partial charge in [-0.15, -0.1) is 0 Å². The molecule has 0 spiro atoms. The van der Waals surface area contributed by atoms with Crippen LogP contribution in [0.1, 0.15) is 26.7 Å². The maximum atomic E-state index is 14.5. The minimum Gasteiger partial charge on any atom is -0.491 e. The number of rotatable bonds is 9. The van der Waals surface area contributed by atoms with Crippen LogP contribution in [0.3, 0.4) is 0 Å². The maximum Gasteiger partial charge on any atom is 0.431 e. The maximum absolute atomic E-state index is 14.5. The van der Waals surface area contributed by atoms with Crippen LogP contribution in [0, 0.1) is 17.7 Å². The summed E-state index contributed by atoms with van der Waals surface area (Å²) in [5.74, 6) is -1.83. The number of alkyl halides is 4. The van der Waals surface area contributed by atoms with Crippen molar-refractivity contribution in [1.29, 1.82) is 0 Å². The molecule has 212 valence electrons. The largest absolute Gasteiger partial charge is 0.491 e. The molecule has 7 nitrogen and oxygen atoms in total. The molecule has 2 aromatic rings. The van der Waals surface area contributed by atoms with Crippen LogP contribution < -0.4 is 19.4 Å². The average Bonchev–Trinajstić information content (AvgIpc) is 3.21. The molecule has 0 amide bonds. The molecule has 12 heteroatoms. The second kappa shape index (κ2) is 11.7. The number of piperidine rings is 1. The number of carboxylic acid groups (broad SMARTS) is 1. The molecule has 0 radical (unpaired) electrons. The van der Waals surface area contributed by atoms with Crippen LogP contribution in [-0.2, 0) is 4.79 Å². The molecular weight excluding hydrogens is 525 g/mol. The molecule has 2 heterocycles.